The Morgan fingerprint density at radius 1 is 1.06 bits per heavy atom. The van der Waals surface area contributed by atoms with Gasteiger partial charge in [0.15, 0.2) is 0 Å². The fourth-order valence-corrected chi connectivity index (χ4v) is 5.12. The van der Waals surface area contributed by atoms with E-state index >= 15 is 0 Å². The van der Waals surface area contributed by atoms with Crippen LogP contribution in [0.2, 0.25) is 15.2 Å². The number of carbonyl (C=O) groups excluding carboxylic acids is 1. The summed E-state index contributed by atoms with van der Waals surface area (Å²) in [5.74, 6) is 0.192. The highest BCUT2D eigenvalue weighted by Gasteiger charge is 2.27. The number of piperazine rings is 1. The number of anilines is 2. The number of nitrogens with one attached hydrogen (secondary N) is 2. The number of fused-ring (bicyclic) bond motifs is 1. The summed E-state index contributed by atoms with van der Waals surface area (Å²) in [6.07, 6.45) is 1.50. The van der Waals surface area contributed by atoms with Gasteiger partial charge < -0.3 is 15.2 Å². The monoisotopic (exact) mass is 542 g/mol. The molecule has 0 unspecified atom stereocenters. The summed E-state index contributed by atoms with van der Waals surface area (Å²) in [6, 6.07) is 13.5. The van der Waals surface area contributed by atoms with E-state index in [0.717, 1.165) is 29.8 Å². The number of H-pyrrole nitrogens is 1. The van der Waals surface area contributed by atoms with Gasteiger partial charge in [-0.1, -0.05) is 34.8 Å². The van der Waals surface area contributed by atoms with Gasteiger partial charge in [0.2, 0.25) is 0 Å². The molecule has 0 bridgehead atoms. The van der Waals surface area contributed by atoms with Gasteiger partial charge in [0, 0.05) is 35.9 Å². The fourth-order valence-electron chi connectivity index (χ4n) is 4.49. The molecule has 0 spiro atoms. The van der Waals surface area contributed by atoms with Crippen LogP contribution in [-0.4, -0.2) is 58.0 Å². The standard InChI is InChI=1S/C26H25Cl3N6O/c1-14-12-35(13-15(2)34(14)3)18-5-6-19(21(28)10-18)26(36)31-17-9-20(24(29)30-11-17)25-32-22-7-4-16(27)8-23(22)33-25/h4-11,14-15H,12-13H2,1-3H3,(H,31,36)(H,32,33)/t14-,15+. The molecule has 10 heteroatoms. The molecule has 186 valence electrons. The molecule has 2 aromatic heterocycles. The van der Waals surface area contributed by atoms with Crippen molar-refractivity contribution in [1.82, 2.24) is 19.9 Å². The number of aromatic amines is 1. The molecule has 4 aromatic rings. The number of pyridine rings is 1. The first-order chi connectivity index (χ1) is 17.2. The average Bonchev–Trinajstić information content (AvgIpc) is 3.26. The SMILES string of the molecule is C[C@@H]1CN(c2ccc(C(=O)Nc3cnc(Cl)c(-c4nc5ccc(Cl)cc5[nH]4)c3)c(Cl)c2)C[C@H](C)N1C. The van der Waals surface area contributed by atoms with Gasteiger partial charge in [-0.15, -0.1) is 0 Å². The van der Waals surface area contributed by atoms with Crippen molar-refractivity contribution in [2.75, 3.05) is 30.4 Å². The van der Waals surface area contributed by atoms with E-state index in [9.17, 15) is 4.79 Å². The van der Waals surface area contributed by atoms with Gasteiger partial charge in [-0.3, -0.25) is 9.69 Å². The second kappa shape index (κ2) is 9.90. The summed E-state index contributed by atoms with van der Waals surface area (Å²) in [4.78, 5) is 29.7. The third-order valence-corrected chi connectivity index (χ3v) is 7.57. The molecule has 2 N–H and O–H groups in total. The molecular formula is C26H25Cl3N6O. The van der Waals surface area contributed by atoms with Crippen LogP contribution >= 0.6 is 34.8 Å². The van der Waals surface area contributed by atoms with Crippen molar-refractivity contribution in [2.45, 2.75) is 25.9 Å². The van der Waals surface area contributed by atoms with Crippen LogP contribution in [0.1, 0.15) is 24.2 Å². The molecule has 2 atom stereocenters. The largest absolute Gasteiger partial charge is 0.368 e. The van der Waals surface area contributed by atoms with Crippen molar-refractivity contribution in [3.8, 4) is 11.4 Å². The number of halogens is 3. The van der Waals surface area contributed by atoms with Gasteiger partial charge in [0.05, 0.1) is 39.1 Å². The number of benzene rings is 2. The highest BCUT2D eigenvalue weighted by molar-refractivity contribution is 6.35. The number of hydrogen-bond acceptors (Lipinski definition) is 5. The van der Waals surface area contributed by atoms with Crippen LogP contribution in [0.3, 0.4) is 0 Å². The fraction of sp³-hybridized carbons (Fsp3) is 0.269. The molecule has 1 saturated heterocycles. The van der Waals surface area contributed by atoms with Gasteiger partial charge in [0.1, 0.15) is 11.0 Å². The highest BCUT2D eigenvalue weighted by Crippen LogP contribution is 2.31. The topological polar surface area (TPSA) is 77.1 Å². The summed E-state index contributed by atoms with van der Waals surface area (Å²) in [5, 5.41) is 4.12. The molecule has 1 aliphatic rings. The van der Waals surface area contributed by atoms with Gasteiger partial charge in [0.25, 0.3) is 5.91 Å². The second-order valence-electron chi connectivity index (χ2n) is 9.20. The van der Waals surface area contributed by atoms with Crippen LogP contribution in [0.15, 0.2) is 48.7 Å². The summed E-state index contributed by atoms with van der Waals surface area (Å²) in [5.41, 5.74) is 3.94. The number of nitrogens with zero attached hydrogens (tertiary/aromatic N) is 4. The highest BCUT2D eigenvalue weighted by atomic mass is 35.5. The maximum Gasteiger partial charge on any atom is 0.257 e. The van der Waals surface area contributed by atoms with E-state index < -0.39 is 0 Å². The number of aromatic nitrogens is 3. The Morgan fingerprint density at radius 2 is 1.81 bits per heavy atom. The lowest BCUT2D eigenvalue weighted by atomic mass is 10.1. The van der Waals surface area contributed by atoms with Crippen molar-refractivity contribution in [2.24, 2.45) is 0 Å². The smallest absolute Gasteiger partial charge is 0.257 e. The van der Waals surface area contributed by atoms with Crippen LogP contribution < -0.4 is 10.2 Å². The molecule has 7 nitrogen and oxygen atoms in total. The Kier molecular flexibility index (Phi) is 6.83. The molecule has 0 saturated carbocycles. The molecule has 0 radical (unpaired) electrons. The molecule has 36 heavy (non-hydrogen) atoms. The van der Waals surface area contributed by atoms with E-state index in [2.05, 4.69) is 51.0 Å². The normalized spacial score (nSPS) is 18.6. The van der Waals surface area contributed by atoms with Crippen molar-refractivity contribution in [1.29, 1.82) is 0 Å². The predicted molar refractivity (Wildman–Crippen MR) is 148 cm³/mol. The van der Waals surface area contributed by atoms with E-state index in [1.807, 2.05) is 18.2 Å². The van der Waals surface area contributed by atoms with E-state index in [-0.39, 0.29) is 11.1 Å². The van der Waals surface area contributed by atoms with Crippen LogP contribution in [-0.2, 0) is 0 Å². The van der Waals surface area contributed by atoms with Gasteiger partial charge in [-0.25, -0.2) is 9.97 Å². The number of amides is 1. The first-order valence-corrected chi connectivity index (χ1v) is 12.7. The lowest BCUT2D eigenvalue weighted by Gasteiger charge is -2.43. The molecular weight excluding hydrogens is 519 g/mol. The number of likely N-dealkylation sites (N-methyl/N-ethyl adjacent to an activating group) is 1. The van der Waals surface area contributed by atoms with Gasteiger partial charge in [-0.05, 0) is 63.4 Å². The number of imidazole rings is 1. The van der Waals surface area contributed by atoms with Crippen LogP contribution in [0, 0.1) is 0 Å². The minimum atomic E-state index is -0.335. The van der Waals surface area contributed by atoms with Gasteiger partial charge >= 0.3 is 0 Å². The zero-order valence-electron chi connectivity index (χ0n) is 20.0. The minimum absolute atomic E-state index is 0.260. The Labute approximate surface area is 224 Å². The third-order valence-electron chi connectivity index (χ3n) is 6.72. The van der Waals surface area contributed by atoms with E-state index in [1.54, 1.807) is 24.3 Å². The van der Waals surface area contributed by atoms with Crippen molar-refractivity contribution >= 4 is 63.1 Å². The quantitative estimate of drug-likeness (QED) is 0.293. The minimum Gasteiger partial charge on any atom is -0.368 e. The van der Waals surface area contributed by atoms with Crippen LogP contribution in [0.25, 0.3) is 22.4 Å². The first kappa shape index (κ1) is 24.8. The Hall–Kier alpha value is -2.84. The summed E-state index contributed by atoms with van der Waals surface area (Å²) in [7, 11) is 2.15. The second-order valence-corrected chi connectivity index (χ2v) is 10.4. The van der Waals surface area contributed by atoms with Crippen LogP contribution in [0.4, 0.5) is 11.4 Å². The van der Waals surface area contributed by atoms with Crippen molar-refractivity contribution in [3.63, 3.8) is 0 Å². The van der Waals surface area contributed by atoms with Crippen molar-refractivity contribution < 1.29 is 4.79 Å². The van der Waals surface area contributed by atoms with E-state index in [4.69, 9.17) is 34.8 Å². The Balaban J connectivity index is 1.36. The number of hydrogen-bond donors (Lipinski definition) is 2. The van der Waals surface area contributed by atoms with Crippen LogP contribution in [0.5, 0.6) is 0 Å². The summed E-state index contributed by atoms with van der Waals surface area (Å²) < 4.78 is 0. The van der Waals surface area contributed by atoms with Crippen molar-refractivity contribution in [3.05, 3.63) is 69.4 Å². The lowest BCUT2D eigenvalue weighted by Crippen LogP contribution is -2.55. The number of carbonyl (C=O) groups is 1. The lowest BCUT2D eigenvalue weighted by molar-refractivity contribution is 0.102. The maximum absolute atomic E-state index is 13.1. The predicted octanol–water partition coefficient (Wildman–Crippen LogP) is 6.37. The molecule has 1 fully saturated rings. The molecule has 1 amide bonds. The summed E-state index contributed by atoms with van der Waals surface area (Å²) >= 11 is 19.0. The summed E-state index contributed by atoms with van der Waals surface area (Å²) in [6.45, 7) is 6.22. The molecule has 0 aliphatic carbocycles. The van der Waals surface area contributed by atoms with E-state index in [1.165, 1.54) is 6.20 Å². The maximum atomic E-state index is 13.1. The zero-order chi connectivity index (χ0) is 25.6. The first-order valence-electron chi connectivity index (χ1n) is 11.6. The number of rotatable bonds is 4. The zero-order valence-corrected chi connectivity index (χ0v) is 22.3. The molecule has 3 heterocycles. The Morgan fingerprint density at radius 3 is 2.53 bits per heavy atom. The van der Waals surface area contributed by atoms with Gasteiger partial charge in [-0.2, -0.15) is 0 Å². The van der Waals surface area contributed by atoms with E-state index in [0.29, 0.717) is 44.8 Å². The Bertz CT molecular complexity index is 1440. The molecule has 2 aromatic carbocycles. The third kappa shape index (κ3) is 4.89. The molecule has 5 rings (SSSR count). The average molecular weight is 544 g/mol. The molecule has 1 aliphatic heterocycles.